The number of carboxylic acids is 1. The zero-order valence-corrected chi connectivity index (χ0v) is 12.9. The quantitative estimate of drug-likeness (QED) is 0.758. The van der Waals surface area contributed by atoms with Crippen LogP contribution in [0.4, 0.5) is 0 Å². The van der Waals surface area contributed by atoms with Gasteiger partial charge in [0.1, 0.15) is 5.54 Å². The highest BCUT2D eigenvalue weighted by Gasteiger charge is 2.33. The molecule has 0 saturated heterocycles. The number of hydrogen-bond acceptors (Lipinski definition) is 4. The van der Waals surface area contributed by atoms with Gasteiger partial charge in [0.15, 0.2) is 0 Å². The second kappa shape index (κ2) is 7.12. The van der Waals surface area contributed by atoms with E-state index in [2.05, 4.69) is 10.3 Å². The van der Waals surface area contributed by atoms with Crippen LogP contribution < -0.4 is 5.32 Å². The van der Waals surface area contributed by atoms with E-state index in [0.717, 1.165) is 5.03 Å². The Morgan fingerprint density at radius 3 is 2.79 bits per heavy atom. The number of halogens is 1. The summed E-state index contributed by atoms with van der Waals surface area (Å²) in [7, 11) is 0. The highest BCUT2D eigenvalue weighted by atomic mass is 35.5. The molecule has 0 aromatic carbocycles. The van der Waals surface area contributed by atoms with E-state index in [4.69, 9.17) is 11.6 Å². The predicted molar refractivity (Wildman–Crippen MR) is 78.9 cm³/mol. The highest BCUT2D eigenvalue weighted by Crippen LogP contribution is 2.28. The number of carbonyl (C=O) groups is 1. The lowest BCUT2D eigenvalue weighted by Gasteiger charge is -2.28. The Hall–Kier alpha value is -0.780. The molecule has 0 aliphatic rings. The van der Waals surface area contributed by atoms with Crippen molar-refractivity contribution in [3.05, 3.63) is 23.4 Å². The minimum Gasteiger partial charge on any atom is -0.480 e. The van der Waals surface area contributed by atoms with Crippen LogP contribution >= 0.6 is 23.4 Å². The molecule has 0 radical (unpaired) electrons. The summed E-state index contributed by atoms with van der Waals surface area (Å²) in [5.41, 5.74) is -0.909. The lowest BCUT2D eigenvalue weighted by Crippen LogP contribution is -2.50. The molecule has 0 aliphatic carbocycles. The summed E-state index contributed by atoms with van der Waals surface area (Å²) in [6.45, 7) is 6.24. The van der Waals surface area contributed by atoms with Crippen LogP contribution in [0.3, 0.4) is 0 Å². The number of nitrogens with zero attached hydrogens (tertiary/aromatic N) is 1. The maximum absolute atomic E-state index is 11.3. The Morgan fingerprint density at radius 2 is 2.32 bits per heavy atom. The van der Waals surface area contributed by atoms with Crippen LogP contribution in [-0.2, 0) is 4.79 Å². The molecular formula is C13H19ClN2O2S. The third kappa shape index (κ3) is 5.01. The van der Waals surface area contributed by atoms with E-state index in [0.29, 0.717) is 18.0 Å². The number of thioether (sulfide) groups is 1. The minimum atomic E-state index is -0.909. The van der Waals surface area contributed by atoms with Gasteiger partial charge in [0.05, 0.1) is 10.0 Å². The molecule has 19 heavy (non-hydrogen) atoms. The van der Waals surface area contributed by atoms with Gasteiger partial charge in [0, 0.05) is 11.4 Å². The first-order valence-corrected chi connectivity index (χ1v) is 7.40. The molecule has 0 fully saturated rings. The van der Waals surface area contributed by atoms with Crippen molar-refractivity contribution in [2.24, 2.45) is 0 Å². The molecule has 1 aromatic heterocycles. The van der Waals surface area contributed by atoms with Gasteiger partial charge in [-0.3, -0.25) is 4.79 Å². The van der Waals surface area contributed by atoms with Crippen molar-refractivity contribution >= 4 is 29.3 Å². The van der Waals surface area contributed by atoms with Crippen LogP contribution in [0.5, 0.6) is 0 Å². The number of nitrogens with one attached hydrogen (secondary N) is 1. The number of likely N-dealkylation sites (N-methyl/N-ethyl adjacent to an activating group) is 1. The fraction of sp³-hybridized carbons (Fsp3) is 0.538. The summed E-state index contributed by atoms with van der Waals surface area (Å²) >= 11 is 7.33. The Bertz CT molecular complexity index is 427. The lowest BCUT2D eigenvalue weighted by atomic mass is 9.96. The van der Waals surface area contributed by atoms with Gasteiger partial charge in [-0.25, -0.2) is 4.98 Å². The van der Waals surface area contributed by atoms with Crippen LogP contribution in [0, 0.1) is 0 Å². The number of pyridine rings is 1. The van der Waals surface area contributed by atoms with Gasteiger partial charge in [0.25, 0.3) is 0 Å². The van der Waals surface area contributed by atoms with Crippen molar-refractivity contribution in [3.8, 4) is 0 Å². The summed E-state index contributed by atoms with van der Waals surface area (Å²) in [5.74, 6) is -0.828. The normalized spacial score (nSPS) is 15.8. The molecule has 0 saturated carbocycles. The van der Waals surface area contributed by atoms with Crippen molar-refractivity contribution in [2.75, 3.05) is 6.54 Å². The molecule has 106 valence electrons. The van der Waals surface area contributed by atoms with Crippen LogP contribution in [0.25, 0.3) is 0 Å². The van der Waals surface area contributed by atoms with Crippen molar-refractivity contribution in [1.29, 1.82) is 0 Å². The van der Waals surface area contributed by atoms with Gasteiger partial charge in [-0.05, 0) is 32.0 Å². The predicted octanol–water partition coefficient (Wildman–Crippen LogP) is 3.06. The first-order valence-electron chi connectivity index (χ1n) is 6.14. The third-order valence-corrected chi connectivity index (χ3v) is 4.03. The maximum atomic E-state index is 11.3. The topological polar surface area (TPSA) is 62.2 Å². The number of rotatable bonds is 7. The van der Waals surface area contributed by atoms with E-state index >= 15 is 0 Å². The number of hydrogen-bond donors (Lipinski definition) is 2. The fourth-order valence-corrected chi connectivity index (χ4v) is 3.08. The lowest BCUT2D eigenvalue weighted by molar-refractivity contribution is -0.144. The highest BCUT2D eigenvalue weighted by molar-refractivity contribution is 7.99. The average Bonchev–Trinajstić information content (AvgIpc) is 2.32. The molecule has 0 amide bonds. The van der Waals surface area contributed by atoms with Gasteiger partial charge in [-0.2, -0.15) is 0 Å². The molecule has 1 rings (SSSR count). The molecule has 2 unspecified atom stereocenters. The fourth-order valence-electron chi connectivity index (χ4n) is 1.88. The summed E-state index contributed by atoms with van der Waals surface area (Å²) < 4.78 is 0. The van der Waals surface area contributed by atoms with Gasteiger partial charge >= 0.3 is 5.97 Å². The first kappa shape index (κ1) is 16.3. The molecule has 2 N–H and O–H groups in total. The second-order valence-electron chi connectivity index (χ2n) is 4.61. The van der Waals surface area contributed by atoms with E-state index in [1.807, 2.05) is 19.9 Å². The van der Waals surface area contributed by atoms with Crippen molar-refractivity contribution in [3.63, 3.8) is 0 Å². The number of aliphatic carboxylic acids is 1. The Kier molecular flexibility index (Phi) is 6.10. The second-order valence-corrected chi connectivity index (χ2v) is 6.51. The average molecular weight is 303 g/mol. The SMILES string of the molecule is CCNC(C)(CC(C)Sc1ccc(Cl)cn1)C(=O)O. The largest absolute Gasteiger partial charge is 0.480 e. The van der Waals surface area contributed by atoms with Crippen LogP contribution in [0.1, 0.15) is 27.2 Å². The van der Waals surface area contributed by atoms with E-state index in [-0.39, 0.29) is 5.25 Å². The smallest absolute Gasteiger partial charge is 0.323 e. The summed E-state index contributed by atoms with van der Waals surface area (Å²) in [5, 5.41) is 13.9. The standard InChI is InChI=1S/C13H19ClN2O2S/c1-4-16-13(3,12(17)18)7-9(2)19-11-6-5-10(14)8-15-11/h5-6,8-9,16H,4,7H2,1-3H3,(H,17,18). The van der Waals surface area contributed by atoms with Crippen LogP contribution in [0.2, 0.25) is 5.02 Å². The van der Waals surface area contributed by atoms with E-state index in [1.165, 1.54) is 0 Å². The third-order valence-electron chi connectivity index (χ3n) is 2.76. The molecule has 4 nitrogen and oxygen atoms in total. The summed E-state index contributed by atoms with van der Waals surface area (Å²) in [4.78, 5) is 15.5. The van der Waals surface area contributed by atoms with Crippen LogP contribution in [-0.4, -0.2) is 33.4 Å². The summed E-state index contributed by atoms with van der Waals surface area (Å²) in [6.07, 6.45) is 2.11. The van der Waals surface area contributed by atoms with Gasteiger partial charge < -0.3 is 10.4 Å². The monoisotopic (exact) mass is 302 g/mol. The molecule has 2 atom stereocenters. The number of carboxylic acid groups (broad SMARTS) is 1. The zero-order valence-electron chi connectivity index (χ0n) is 11.3. The molecule has 1 aromatic rings. The van der Waals surface area contributed by atoms with E-state index < -0.39 is 11.5 Å². The molecule has 0 bridgehead atoms. The maximum Gasteiger partial charge on any atom is 0.323 e. The molecule has 6 heteroatoms. The Balaban J connectivity index is 2.65. The van der Waals surface area contributed by atoms with Gasteiger partial charge in [-0.1, -0.05) is 25.4 Å². The Morgan fingerprint density at radius 1 is 1.63 bits per heavy atom. The molecule has 0 spiro atoms. The summed E-state index contributed by atoms with van der Waals surface area (Å²) in [6, 6.07) is 3.62. The van der Waals surface area contributed by atoms with E-state index in [1.54, 1.807) is 30.9 Å². The number of aromatic nitrogens is 1. The first-order chi connectivity index (χ1) is 8.87. The van der Waals surface area contributed by atoms with Gasteiger partial charge in [0.2, 0.25) is 0 Å². The van der Waals surface area contributed by atoms with Crippen LogP contribution in [0.15, 0.2) is 23.4 Å². The van der Waals surface area contributed by atoms with E-state index in [9.17, 15) is 9.90 Å². The van der Waals surface area contributed by atoms with Crippen molar-refractivity contribution in [2.45, 2.75) is 43.0 Å². The van der Waals surface area contributed by atoms with Crippen molar-refractivity contribution in [1.82, 2.24) is 10.3 Å². The van der Waals surface area contributed by atoms with Gasteiger partial charge in [-0.15, -0.1) is 11.8 Å². The van der Waals surface area contributed by atoms with Crippen molar-refractivity contribution < 1.29 is 9.90 Å². The minimum absolute atomic E-state index is 0.133. The molecule has 0 aliphatic heterocycles. The Labute approximate surface area is 123 Å². The molecular weight excluding hydrogens is 284 g/mol. The molecule has 1 heterocycles. The zero-order chi connectivity index (χ0) is 14.5.